The van der Waals surface area contributed by atoms with Gasteiger partial charge >= 0.3 is 12.1 Å². The topological polar surface area (TPSA) is 134 Å². The molecule has 0 heterocycles. The number of para-hydroxylation sites is 1. The minimum atomic E-state index is -1.26. The number of hydrogen-bond acceptors (Lipinski definition) is 7. The van der Waals surface area contributed by atoms with Gasteiger partial charge in [-0.05, 0) is 45.6 Å². The standard InChI is InChI=1S/C26H41N3O7/c1-9-14-29(24(33)20(16(3)10-2)28-25(34)36-26(5,6)7)21(23(32)27-15-19(30)35-8)18-13-11-12-17(4)22(18)31/h11-13,16,20-21,31H,9-10,14-15H2,1-8H3,(H,27,32)(H,28,34). The lowest BCUT2D eigenvalue weighted by atomic mass is 9.94. The van der Waals surface area contributed by atoms with Gasteiger partial charge in [0, 0.05) is 12.1 Å². The molecule has 0 bridgehead atoms. The van der Waals surface area contributed by atoms with Crippen LogP contribution >= 0.6 is 0 Å². The highest BCUT2D eigenvalue weighted by Gasteiger charge is 2.39. The Morgan fingerprint density at radius 3 is 2.31 bits per heavy atom. The van der Waals surface area contributed by atoms with Crippen LogP contribution in [0.3, 0.4) is 0 Å². The Bertz CT molecular complexity index is 927. The summed E-state index contributed by atoms with van der Waals surface area (Å²) in [6.45, 7) is 12.1. The molecule has 3 amide bonds. The molecular weight excluding hydrogens is 466 g/mol. The Morgan fingerprint density at radius 1 is 1.14 bits per heavy atom. The van der Waals surface area contributed by atoms with Crippen LogP contribution < -0.4 is 10.6 Å². The molecule has 0 aliphatic carbocycles. The number of ether oxygens (including phenoxy) is 2. The SMILES string of the molecule is CCCN(C(=O)C(NC(=O)OC(C)(C)C)C(C)CC)C(C(=O)NCC(=O)OC)c1cccc(C)c1O. The molecule has 0 aromatic heterocycles. The van der Waals surface area contributed by atoms with Crippen molar-refractivity contribution in [2.24, 2.45) is 5.92 Å². The molecular formula is C26H41N3O7. The first-order chi connectivity index (χ1) is 16.8. The number of nitrogens with one attached hydrogen (secondary N) is 2. The fraction of sp³-hybridized carbons (Fsp3) is 0.615. The monoisotopic (exact) mass is 507 g/mol. The van der Waals surface area contributed by atoms with E-state index in [1.807, 2.05) is 20.8 Å². The number of aryl methyl sites for hydroxylation is 1. The second kappa shape index (κ2) is 13.7. The van der Waals surface area contributed by atoms with E-state index in [1.165, 1.54) is 12.0 Å². The molecule has 36 heavy (non-hydrogen) atoms. The summed E-state index contributed by atoms with van der Waals surface area (Å²) in [6, 6.07) is 2.67. The molecule has 0 aliphatic rings. The predicted octanol–water partition coefficient (Wildman–Crippen LogP) is 3.21. The fourth-order valence-electron chi connectivity index (χ4n) is 3.58. The summed E-state index contributed by atoms with van der Waals surface area (Å²) >= 11 is 0. The van der Waals surface area contributed by atoms with Crippen molar-refractivity contribution in [2.45, 2.75) is 79.0 Å². The van der Waals surface area contributed by atoms with E-state index in [-0.39, 0.29) is 23.8 Å². The summed E-state index contributed by atoms with van der Waals surface area (Å²) in [4.78, 5) is 52.9. The minimum absolute atomic E-state index is 0.134. The van der Waals surface area contributed by atoms with Gasteiger partial charge in [-0.25, -0.2) is 4.79 Å². The first-order valence-corrected chi connectivity index (χ1v) is 12.2. The van der Waals surface area contributed by atoms with E-state index < -0.39 is 48.1 Å². The number of phenolic OH excluding ortho intramolecular Hbond substituents is 1. The number of hydrogen-bond donors (Lipinski definition) is 3. The van der Waals surface area contributed by atoms with Crippen LogP contribution in [0.2, 0.25) is 0 Å². The minimum Gasteiger partial charge on any atom is -0.507 e. The smallest absolute Gasteiger partial charge is 0.408 e. The molecule has 1 aromatic carbocycles. The molecule has 0 fully saturated rings. The number of rotatable bonds is 11. The summed E-state index contributed by atoms with van der Waals surface area (Å²) in [5, 5.41) is 16.0. The summed E-state index contributed by atoms with van der Waals surface area (Å²) in [7, 11) is 1.20. The van der Waals surface area contributed by atoms with E-state index in [9.17, 15) is 24.3 Å². The normalized spacial score (nSPS) is 13.7. The second-order valence-electron chi connectivity index (χ2n) is 9.75. The van der Waals surface area contributed by atoms with Gasteiger partial charge in [-0.15, -0.1) is 0 Å². The Labute approximate surface area is 213 Å². The molecule has 1 rings (SSSR count). The number of amides is 3. The van der Waals surface area contributed by atoms with E-state index in [0.29, 0.717) is 18.4 Å². The van der Waals surface area contributed by atoms with Crippen LogP contribution in [0.5, 0.6) is 5.75 Å². The third-order valence-corrected chi connectivity index (χ3v) is 5.66. The summed E-state index contributed by atoms with van der Waals surface area (Å²) in [5.41, 5.74) is -0.0354. The Morgan fingerprint density at radius 2 is 1.78 bits per heavy atom. The largest absolute Gasteiger partial charge is 0.507 e. The number of carbonyl (C=O) groups is 4. The lowest BCUT2D eigenvalue weighted by molar-refractivity contribution is -0.145. The highest BCUT2D eigenvalue weighted by atomic mass is 16.6. The van der Waals surface area contributed by atoms with Crippen LogP contribution in [0.1, 0.15) is 71.6 Å². The van der Waals surface area contributed by atoms with Crippen molar-refractivity contribution in [1.82, 2.24) is 15.5 Å². The highest BCUT2D eigenvalue weighted by molar-refractivity contribution is 5.93. The zero-order valence-electron chi connectivity index (χ0n) is 22.6. The van der Waals surface area contributed by atoms with Gasteiger partial charge < -0.3 is 30.1 Å². The average molecular weight is 508 g/mol. The van der Waals surface area contributed by atoms with Crippen molar-refractivity contribution in [2.75, 3.05) is 20.2 Å². The third-order valence-electron chi connectivity index (χ3n) is 5.66. The zero-order chi connectivity index (χ0) is 27.6. The van der Waals surface area contributed by atoms with Crippen LogP contribution in [0.15, 0.2) is 18.2 Å². The molecule has 10 heteroatoms. The number of aromatic hydroxyl groups is 1. The zero-order valence-corrected chi connectivity index (χ0v) is 22.6. The maximum absolute atomic E-state index is 13.9. The van der Waals surface area contributed by atoms with Gasteiger partial charge in [0.15, 0.2) is 0 Å². The first kappa shape index (κ1) is 30.7. The molecule has 0 radical (unpaired) electrons. The average Bonchev–Trinajstić information content (AvgIpc) is 2.81. The van der Waals surface area contributed by atoms with Gasteiger partial charge in [-0.1, -0.05) is 45.4 Å². The quantitative estimate of drug-likeness (QED) is 0.392. The Kier molecular flexibility index (Phi) is 11.7. The summed E-state index contributed by atoms with van der Waals surface area (Å²) in [6.07, 6.45) is 0.322. The van der Waals surface area contributed by atoms with Gasteiger partial charge in [-0.3, -0.25) is 14.4 Å². The number of benzene rings is 1. The van der Waals surface area contributed by atoms with Gasteiger partial charge in [0.1, 0.15) is 30.0 Å². The van der Waals surface area contributed by atoms with E-state index in [0.717, 1.165) is 0 Å². The summed E-state index contributed by atoms with van der Waals surface area (Å²) in [5.74, 6) is -2.24. The van der Waals surface area contributed by atoms with Gasteiger partial charge in [0.05, 0.1) is 7.11 Å². The number of alkyl carbamates (subject to hydrolysis) is 1. The van der Waals surface area contributed by atoms with E-state index >= 15 is 0 Å². The molecule has 3 N–H and O–H groups in total. The fourth-order valence-corrected chi connectivity index (χ4v) is 3.58. The van der Waals surface area contributed by atoms with Crippen LogP contribution in [0.25, 0.3) is 0 Å². The number of phenols is 1. The predicted molar refractivity (Wildman–Crippen MR) is 135 cm³/mol. The van der Waals surface area contributed by atoms with Crippen molar-refractivity contribution >= 4 is 23.9 Å². The Balaban J connectivity index is 3.53. The molecule has 0 spiro atoms. The third kappa shape index (κ3) is 8.73. The number of carbonyl (C=O) groups excluding carboxylic acids is 4. The molecule has 3 unspecified atom stereocenters. The maximum Gasteiger partial charge on any atom is 0.408 e. The number of methoxy groups -OCH3 is 1. The molecule has 0 aliphatic heterocycles. The number of esters is 1. The second-order valence-corrected chi connectivity index (χ2v) is 9.75. The maximum atomic E-state index is 13.9. The van der Waals surface area contributed by atoms with Crippen LogP contribution in [-0.4, -0.2) is 65.7 Å². The van der Waals surface area contributed by atoms with E-state index in [2.05, 4.69) is 15.4 Å². The van der Waals surface area contributed by atoms with Gasteiger partial charge in [-0.2, -0.15) is 0 Å². The van der Waals surface area contributed by atoms with Crippen molar-refractivity contribution in [3.05, 3.63) is 29.3 Å². The summed E-state index contributed by atoms with van der Waals surface area (Å²) < 4.78 is 9.97. The van der Waals surface area contributed by atoms with Crippen LogP contribution in [0.4, 0.5) is 4.79 Å². The molecule has 0 saturated heterocycles. The van der Waals surface area contributed by atoms with Crippen molar-refractivity contribution in [1.29, 1.82) is 0 Å². The first-order valence-electron chi connectivity index (χ1n) is 12.2. The molecule has 10 nitrogen and oxygen atoms in total. The van der Waals surface area contributed by atoms with Gasteiger partial charge in [0.25, 0.3) is 0 Å². The molecule has 0 saturated carbocycles. The lowest BCUT2D eigenvalue weighted by Crippen LogP contribution is -2.55. The van der Waals surface area contributed by atoms with Crippen LogP contribution in [0, 0.1) is 12.8 Å². The van der Waals surface area contributed by atoms with Crippen molar-refractivity contribution in [3.63, 3.8) is 0 Å². The molecule has 202 valence electrons. The van der Waals surface area contributed by atoms with Crippen molar-refractivity contribution in [3.8, 4) is 5.75 Å². The van der Waals surface area contributed by atoms with Gasteiger partial charge in [0.2, 0.25) is 11.8 Å². The van der Waals surface area contributed by atoms with Crippen LogP contribution in [-0.2, 0) is 23.9 Å². The van der Waals surface area contributed by atoms with E-state index in [4.69, 9.17) is 4.74 Å². The van der Waals surface area contributed by atoms with Crippen molar-refractivity contribution < 1.29 is 33.8 Å². The van der Waals surface area contributed by atoms with E-state index in [1.54, 1.807) is 45.9 Å². The highest BCUT2D eigenvalue weighted by Crippen LogP contribution is 2.33. The molecule has 3 atom stereocenters. The number of nitrogens with zero attached hydrogens (tertiary/aromatic N) is 1. The molecule has 1 aromatic rings. The Hall–Kier alpha value is -3.30. The lowest BCUT2D eigenvalue weighted by Gasteiger charge is -2.36.